The molecule has 0 radical (unpaired) electrons. The maximum Gasteiger partial charge on any atom is 0.275 e. The first-order chi connectivity index (χ1) is 13.7. The van der Waals surface area contributed by atoms with Crippen molar-refractivity contribution in [2.45, 2.75) is 13.0 Å². The molecule has 4 aromatic rings. The van der Waals surface area contributed by atoms with Gasteiger partial charge in [-0.15, -0.1) is 0 Å². The van der Waals surface area contributed by atoms with E-state index in [1.807, 2.05) is 24.3 Å². The van der Waals surface area contributed by atoms with Crippen molar-refractivity contribution >= 4 is 22.4 Å². The van der Waals surface area contributed by atoms with Gasteiger partial charge in [0.1, 0.15) is 6.54 Å². The largest absolute Gasteiger partial charge is 0.323 e. The van der Waals surface area contributed by atoms with Crippen LogP contribution in [0, 0.1) is 0 Å². The number of carbonyl (C=O) groups is 1. The Kier molecular flexibility index (Phi) is 4.88. The summed E-state index contributed by atoms with van der Waals surface area (Å²) in [4.78, 5) is 33.2. The van der Waals surface area contributed by atoms with E-state index >= 15 is 0 Å². The molecule has 0 bridgehead atoms. The number of aromatic nitrogens is 4. The smallest absolute Gasteiger partial charge is 0.275 e. The van der Waals surface area contributed by atoms with Crippen molar-refractivity contribution < 1.29 is 4.79 Å². The van der Waals surface area contributed by atoms with Gasteiger partial charge in [-0.05, 0) is 35.9 Å². The van der Waals surface area contributed by atoms with E-state index in [-0.39, 0.29) is 18.0 Å². The molecule has 0 saturated heterocycles. The van der Waals surface area contributed by atoms with Gasteiger partial charge in [0.2, 0.25) is 5.91 Å². The number of pyridine rings is 2. The number of anilines is 1. The number of carbonyl (C=O) groups excluding carboxylic acids is 1. The molecule has 0 aliphatic rings. The number of nitrogens with zero attached hydrogens (tertiary/aromatic N) is 4. The van der Waals surface area contributed by atoms with E-state index in [0.29, 0.717) is 17.5 Å². The number of amides is 1. The third-order valence-corrected chi connectivity index (χ3v) is 4.30. The van der Waals surface area contributed by atoms with Crippen LogP contribution in [0.5, 0.6) is 0 Å². The molecule has 7 heteroatoms. The summed E-state index contributed by atoms with van der Waals surface area (Å²) >= 11 is 0. The van der Waals surface area contributed by atoms with Crippen LogP contribution in [0.25, 0.3) is 10.8 Å². The molecule has 1 amide bonds. The summed E-state index contributed by atoms with van der Waals surface area (Å²) in [6, 6.07) is 14.6. The minimum atomic E-state index is -0.340. The van der Waals surface area contributed by atoms with Crippen LogP contribution in [0.3, 0.4) is 0 Å². The van der Waals surface area contributed by atoms with Gasteiger partial charge < -0.3 is 5.32 Å². The molecule has 1 N–H and O–H groups in total. The Labute approximate surface area is 160 Å². The second-order valence-corrected chi connectivity index (χ2v) is 6.28. The monoisotopic (exact) mass is 371 g/mol. The van der Waals surface area contributed by atoms with Gasteiger partial charge in [0, 0.05) is 30.4 Å². The maximum atomic E-state index is 12.8. The molecule has 7 nitrogen and oxygen atoms in total. The Balaban J connectivity index is 1.69. The highest BCUT2D eigenvalue weighted by molar-refractivity contribution is 5.90. The maximum absolute atomic E-state index is 12.8. The average Bonchev–Trinajstić information content (AvgIpc) is 2.73. The predicted molar refractivity (Wildman–Crippen MR) is 106 cm³/mol. The van der Waals surface area contributed by atoms with Gasteiger partial charge in [0.05, 0.1) is 23.0 Å². The van der Waals surface area contributed by atoms with Crippen LogP contribution in [-0.4, -0.2) is 25.7 Å². The third-order valence-electron chi connectivity index (χ3n) is 4.30. The number of rotatable bonds is 5. The highest BCUT2D eigenvalue weighted by Gasteiger charge is 2.13. The van der Waals surface area contributed by atoms with Crippen LogP contribution in [0.4, 0.5) is 5.69 Å². The van der Waals surface area contributed by atoms with Crippen LogP contribution < -0.4 is 10.9 Å². The standard InChI is InChI=1S/C21H17N5O2/c27-20(24-16-4-3-9-23-13-16)14-26-21(28)18-6-2-1-5-17(18)19(25-26)12-15-7-10-22-11-8-15/h1-11,13H,12,14H2,(H,24,27). The minimum absolute atomic E-state index is 0.179. The van der Waals surface area contributed by atoms with Gasteiger partial charge in [0.25, 0.3) is 5.56 Å². The van der Waals surface area contributed by atoms with Crippen molar-refractivity contribution in [3.05, 3.63) is 94.9 Å². The van der Waals surface area contributed by atoms with E-state index in [0.717, 1.165) is 16.6 Å². The van der Waals surface area contributed by atoms with E-state index in [9.17, 15) is 9.59 Å². The van der Waals surface area contributed by atoms with Gasteiger partial charge in [-0.3, -0.25) is 19.6 Å². The molecule has 3 heterocycles. The SMILES string of the molecule is O=C(Cn1nc(Cc2ccncc2)c2ccccc2c1=O)Nc1cccnc1. The lowest BCUT2D eigenvalue weighted by Crippen LogP contribution is -2.30. The summed E-state index contributed by atoms with van der Waals surface area (Å²) in [7, 11) is 0. The molecule has 0 spiro atoms. The Morgan fingerprint density at radius 1 is 0.929 bits per heavy atom. The first kappa shape index (κ1) is 17.5. The lowest BCUT2D eigenvalue weighted by atomic mass is 10.1. The molecule has 0 aliphatic carbocycles. The molecular weight excluding hydrogens is 354 g/mol. The Bertz CT molecular complexity index is 1170. The fraction of sp³-hybridized carbons (Fsp3) is 0.0952. The normalized spacial score (nSPS) is 10.7. The summed E-state index contributed by atoms with van der Waals surface area (Å²) in [6.07, 6.45) is 7.14. The zero-order chi connectivity index (χ0) is 19.3. The van der Waals surface area contributed by atoms with Gasteiger partial charge in [-0.2, -0.15) is 5.10 Å². The summed E-state index contributed by atoms with van der Waals surface area (Å²) in [5.74, 6) is -0.340. The summed E-state index contributed by atoms with van der Waals surface area (Å²) in [6.45, 7) is -0.179. The Hall–Kier alpha value is -3.87. The summed E-state index contributed by atoms with van der Waals surface area (Å²) < 4.78 is 1.21. The Morgan fingerprint density at radius 2 is 1.71 bits per heavy atom. The lowest BCUT2D eigenvalue weighted by Gasteiger charge is -2.11. The van der Waals surface area contributed by atoms with Crippen LogP contribution in [-0.2, 0) is 17.8 Å². The van der Waals surface area contributed by atoms with Crippen LogP contribution in [0.2, 0.25) is 0 Å². The highest BCUT2D eigenvalue weighted by atomic mass is 16.2. The zero-order valence-corrected chi connectivity index (χ0v) is 14.9. The Morgan fingerprint density at radius 3 is 2.46 bits per heavy atom. The zero-order valence-electron chi connectivity index (χ0n) is 14.9. The fourth-order valence-corrected chi connectivity index (χ4v) is 3.01. The molecule has 0 fully saturated rings. The quantitative estimate of drug-likeness (QED) is 0.582. The molecule has 1 aromatic carbocycles. The number of fused-ring (bicyclic) bond motifs is 1. The summed E-state index contributed by atoms with van der Waals surface area (Å²) in [5.41, 5.74) is 2.03. The van der Waals surface area contributed by atoms with Gasteiger partial charge in [-0.25, -0.2) is 4.68 Å². The number of hydrogen-bond donors (Lipinski definition) is 1. The minimum Gasteiger partial charge on any atom is -0.323 e. The highest BCUT2D eigenvalue weighted by Crippen LogP contribution is 2.16. The van der Waals surface area contributed by atoms with E-state index in [4.69, 9.17) is 0 Å². The topological polar surface area (TPSA) is 89.8 Å². The van der Waals surface area contributed by atoms with E-state index in [1.54, 1.807) is 49.1 Å². The fourth-order valence-electron chi connectivity index (χ4n) is 3.01. The first-order valence-electron chi connectivity index (χ1n) is 8.78. The molecule has 28 heavy (non-hydrogen) atoms. The van der Waals surface area contributed by atoms with E-state index < -0.39 is 0 Å². The molecule has 0 aliphatic heterocycles. The first-order valence-corrected chi connectivity index (χ1v) is 8.78. The average molecular weight is 371 g/mol. The van der Waals surface area contributed by atoms with Gasteiger partial charge >= 0.3 is 0 Å². The molecule has 4 rings (SSSR count). The van der Waals surface area contributed by atoms with Crippen molar-refractivity contribution in [3.63, 3.8) is 0 Å². The van der Waals surface area contributed by atoms with Crippen LogP contribution in [0.15, 0.2) is 78.1 Å². The third kappa shape index (κ3) is 3.78. The van der Waals surface area contributed by atoms with Crippen molar-refractivity contribution in [3.8, 4) is 0 Å². The van der Waals surface area contributed by atoms with Crippen molar-refractivity contribution in [1.29, 1.82) is 0 Å². The second-order valence-electron chi connectivity index (χ2n) is 6.28. The van der Waals surface area contributed by atoms with Crippen molar-refractivity contribution in [2.24, 2.45) is 0 Å². The van der Waals surface area contributed by atoms with Gasteiger partial charge in [-0.1, -0.05) is 18.2 Å². The van der Waals surface area contributed by atoms with Crippen LogP contribution in [0.1, 0.15) is 11.3 Å². The molecule has 0 unspecified atom stereocenters. The molecule has 0 saturated carbocycles. The number of nitrogens with one attached hydrogen (secondary N) is 1. The molecule has 138 valence electrons. The molecule has 0 atom stereocenters. The van der Waals surface area contributed by atoms with E-state index in [1.165, 1.54) is 4.68 Å². The van der Waals surface area contributed by atoms with Crippen molar-refractivity contribution in [2.75, 3.05) is 5.32 Å². The molecule has 3 aromatic heterocycles. The molecular formula is C21H17N5O2. The van der Waals surface area contributed by atoms with Crippen molar-refractivity contribution in [1.82, 2.24) is 19.7 Å². The number of benzene rings is 1. The lowest BCUT2D eigenvalue weighted by molar-refractivity contribution is -0.117. The van der Waals surface area contributed by atoms with Crippen LogP contribution >= 0.6 is 0 Å². The van der Waals surface area contributed by atoms with E-state index in [2.05, 4.69) is 20.4 Å². The second kappa shape index (κ2) is 7.79. The number of hydrogen-bond acceptors (Lipinski definition) is 5. The predicted octanol–water partition coefficient (Wildman–Crippen LogP) is 2.42. The summed E-state index contributed by atoms with van der Waals surface area (Å²) in [5, 5.41) is 8.53. The van der Waals surface area contributed by atoms with Gasteiger partial charge in [0.15, 0.2) is 0 Å².